The maximum Gasteiger partial charge on any atom is 0.243 e. The van der Waals surface area contributed by atoms with E-state index in [0.717, 1.165) is 28.4 Å². The van der Waals surface area contributed by atoms with Crippen LogP contribution in [0.4, 0.5) is 0 Å². The summed E-state index contributed by atoms with van der Waals surface area (Å²) in [4.78, 5) is 4.92. The van der Waals surface area contributed by atoms with E-state index in [1.165, 1.54) is 21.2 Å². The molecule has 1 atom stereocenters. The summed E-state index contributed by atoms with van der Waals surface area (Å²) in [6, 6.07) is 14.7. The van der Waals surface area contributed by atoms with E-state index in [2.05, 4.69) is 4.98 Å². The van der Waals surface area contributed by atoms with Crippen molar-refractivity contribution in [3.05, 3.63) is 75.7 Å². The van der Waals surface area contributed by atoms with E-state index in [1.807, 2.05) is 69.5 Å². The highest BCUT2D eigenvalue weighted by molar-refractivity contribution is 7.89. The van der Waals surface area contributed by atoms with Crippen LogP contribution in [0.3, 0.4) is 0 Å². The lowest BCUT2D eigenvalue weighted by Crippen LogP contribution is -2.37. The van der Waals surface area contributed by atoms with E-state index >= 15 is 0 Å². The van der Waals surface area contributed by atoms with Gasteiger partial charge in [0.15, 0.2) is 0 Å². The van der Waals surface area contributed by atoms with Gasteiger partial charge in [-0.05, 0) is 51.5 Å². The first-order chi connectivity index (χ1) is 14.3. The van der Waals surface area contributed by atoms with Crippen molar-refractivity contribution in [3.63, 3.8) is 0 Å². The molecule has 160 valence electrons. The predicted octanol–water partition coefficient (Wildman–Crippen LogP) is 5.33. The van der Waals surface area contributed by atoms with Gasteiger partial charge >= 0.3 is 0 Å². The molecular formula is C23H28N2O3S2. The summed E-state index contributed by atoms with van der Waals surface area (Å²) in [5, 5.41) is 2.73. The summed E-state index contributed by atoms with van der Waals surface area (Å²) in [5.41, 5.74) is 2.94. The number of rotatable bonds is 9. The number of thiazole rings is 1. The van der Waals surface area contributed by atoms with Crippen LogP contribution in [0.5, 0.6) is 5.75 Å². The molecule has 0 aliphatic carbocycles. The minimum atomic E-state index is -3.61. The van der Waals surface area contributed by atoms with Crippen molar-refractivity contribution in [3.8, 4) is 5.75 Å². The normalized spacial score (nSPS) is 12.8. The first-order valence-electron chi connectivity index (χ1n) is 10.0. The van der Waals surface area contributed by atoms with Gasteiger partial charge in [-0.15, -0.1) is 11.3 Å². The summed E-state index contributed by atoms with van der Waals surface area (Å²) >= 11 is 1.48. The molecule has 1 aromatic heterocycles. The molecule has 0 amide bonds. The largest absolute Gasteiger partial charge is 0.486 e. The van der Waals surface area contributed by atoms with Crippen LogP contribution >= 0.6 is 11.3 Å². The van der Waals surface area contributed by atoms with Crippen LogP contribution in [0.25, 0.3) is 0 Å². The van der Waals surface area contributed by atoms with E-state index in [-0.39, 0.29) is 12.6 Å². The van der Waals surface area contributed by atoms with Crippen molar-refractivity contribution >= 4 is 21.4 Å². The van der Waals surface area contributed by atoms with E-state index in [0.29, 0.717) is 11.5 Å². The molecule has 0 spiro atoms. The minimum Gasteiger partial charge on any atom is -0.486 e. The number of aromatic nitrogens is 1. The van der Waals surface area contributed by atoms with E-state index < -0.39 is 10.0 Å². The number of aryl methyl sites for hydroxylation is 2. The van der Waals surface area contributed by atoms with Crippen LogP contribution in [0.15, 0.2) is 58.8 Å². The zero-order valence-electron chi connectivity index (χ0n) is 17.8. The van der Waals surface area contributed by atoms with E-state index in [1.54, 1.807) is 12.1 Å². The number of hydrogen-bond acceptors (Lipinski definition) is 5. The molecule has 0 fully saturated rings. The second-order valence-corrected chi connectivity index (χ2v) is 10.3. The molecule has 0 saturated carbocycles. The van der Waals surface area contributed by atoms with Crippen LogP contribution in [0.1, 0.15) is 42.1 Å². The molecule has 7 heteroatoms. The van der Waals surface area contributed by atoms with Crippen LogP contribution in [-0.4, -0.2) is 23.7 Å². The highest BCUT2D eigenvalue weighted by Crippen LogP contribution is 2.24. The fraction of sp³-hybridized carbons (Fsp3) is 0.348. The molecule has 0 N–H and O–H groups in total. The number of ether oxygens (including phenoxy) is 1. The fourth-order valence-corrected chi connectivity index (χ4v) is 5.33. The molecule has 3 rings (SSSR count). The van der Waals surface area contributed by atoms with Crippen molar-refractivity contribution < 1.29 is 13.2 Å². The summed E-state index contributed by atoms with van der Waals surface area (Å²) in [6.45, 7) is 8.50. The lowest BCUT2D eigenvalue weighted by molar-refractivity contribution is 0.302. The zero-order valence-corrected chi connectivity index (χ0v) is 19.5. The molecule has 30 heavy (non-hydrogen) atoms. The molecule has 0 bridgehead atoms. The topological polar surface area (TPSA) is 59.5 Å². The van der Waals surface area contributed by atoms with Gasteiger partial charge in [0.05, 0.1) is 17.1 Å². The van der Waals surface area contributed by atoms with Crippen molar-refractivity contribution in [1.29, 1.82) is 0 Å². The maximum atomic E-state index is 13.3. The Morgan fingerprint density at radius 3 is 2.23 bits per heavy atom. The third-order valence-corrected chi connectivity index (χ3v) is 7.86. The summed E-state index contributed by atoms with van der Waals surface area (Å²) in [6.07, 6.45) is 0.721. The number of sulfonamides is 1. The Balaban J connectivity index is 1.74. The Morgan fingerprint density at radius 1 is 1.03 bits per heavy atom. The van der Waals surface area contributed by atoms with Gasteiger partial charge in [0.2, 0.25) is 10.0 Å². The van der Waals surface area contributed by atoms with Gasteiger partial charge in [0.25, 0.3) is 0 Å². The highest BCUT2D eigenvalue weighted by Gasteiger charge is 2.29. The second-order valence-electron chi connectivity index (χ2n) is 7.45. The van der Waals surface area contributed by atoms with Gasteiger partial charge in [-0.2, -0.15) is 4.31 Å². The monoisotopic (exact) mass is 444 g/mol. The number of hydrogen-bond donors (Lipinski definition) is 0. The Labute approximate surface area is 183 Å². The predicted molar refractivity (Wildman–Crippen MR) is 121 cm³/mol. The smallest absolute Gasteiger partial charge is 0.243 e. The SMILES string of the molecule is CC[C@H](C)N(Cc1csc(COc2ccc(C)cc2)n1)S(=O)(=O)c1ccc(C)cc1. The standard InChI is InChI=1S/C23H28N2O3S2/c1-5-19(4)25(30(26,27)22-12-8-18(3)9-13-22)14-20-16-29-23(24-20)15-28-21-10-6-17(2)7-11-21/h6-13,16,19H,5,14-15H2,1-4H3/t19-/m0/s1. The van der Waals surface area contributed by atoms with Crippen LogP contribution < -0.4 is 4.74 Å². The third kappa shape index (κ3) is 5.47. The Bertz CT molecular complexity index is 1060. The maximum absolute atomic E-state index is 13.3. The molecule has 0 aliphatic rings. The van der Waals surface area contributed by atoms with Crippen molar-refractivity contribution in [1.82, 2.24) is 9.29 Å². The van der Waals surface area contributed by atoms with E-state index in [9.17, 15) is 8.42 Å². The van der Waals surface area contributed by atoms with Gasteiger partial charge in [0, 0.05) is 11.4 Å². The van der Waals surface area contributed by atoms with Crippen molar-refractivity contribution in [2.75, 3.05) is 0 Å². The van der Waals surface area contributed by atoms with Gasteiger partial charge in [-0.1, -0.05) is 42.3 Å². The second kappa shape index (κ2) is 9.73. The number of nitrogens with zero attached hydrogens (tertiary/aromatic N) is 2. The molecule has 0 aliphatic heterocycles. The van der Waals surface area contributed by atoms with Crippen LogP contribution in [0.2, 0.25) is 0 Å². The Morgan fingerprint density at radius 2 is 1.63 bits per heavy atom. The van der Waals surface area contributed by atoms with Gasteiger partial charge < -0.3 is 4.74 Å². The Hall–Kier alpha value is -2.22. The fourth-order valence-electron chi connectivity index (χ4n) is 2.95. The molecule has 3 aromatic rings. The van der Waals surface area contributed by atoms with Gasteiger partial charge in [-0.3, -0.25) is 0 Å². The van der Waals surface area contributed by atoms with Crippen molar-refractivity contribution in [2.45, 2.75) is 58.2 Å². The quantitative estimate of drug-likeness (QED) is 0.448. The lowest BCUT2D eigenvalue weighted by Gasteiger charge is -2.27. The molecule has 0 radical (unpaired) electrons. The molecule has 0 unspecified atom stereocenters. The summed E-state index contributed by atoms with van der Waals surface area (Å²) in [5.74, 6) is 0.792. The van der Waals surface area contributed by atoms with Crippen molar-refractivity contribution in [2.24, 2.45) is 0 Å². The average molecular weight is 445 g/mol. The minimum absolute atomic E-state index is 0.134. The molecule has 1 heterocycles. The molecule has 5 nitrogen and oxygen atoms in total. The van der Waals surface area contributed by atoms with Gasteiger partial charge in [0.1, 0.15) is 17.4 Å². The van der Waals surface area contributed by atoms with Crippen LogP contribution in [0, 0.1) is 13.8 Å². The first-order valence-corrected chi connectivity index (χ1v) is 12.3. The summed E-state index contributed by atoms with van der Waals surface area (Å²) < 4.78 is 33.9. The average Bonchev–Trinajstić information content (AvgIpc) is 3.19. The molecular weight excluding hydrogens is 416 g/mol. The van der Waals surface area contributed by atoms with E-state index in [4.69, 9.17) is 4.74 Å². The van der Waals surface area contributed by atoms with Gasteiger partial charge in [-0.25, -0.2) is 13.4 Å². The molecule has 0 saturated heterocycles. The zero-order chi connectivity index (χ0) is 21.7. The highest BCUT2D eigenvalue weighted by atomic mass is 32.2. The Kier molecular flexibility index (Phi) is 7.28. The number of benzene rings is 2. The summed E-state index contributed by atoms with van der Waals surface area (Å²) in [7, 11) is -3.61. The van der Waals surface area contributed by atoms with Crippen LogP contribution in [-0.2, 0) is 23.2 Å². The third-order valence-electron chi connectivity index (χ3n) is 5.01. The lowest BCUT2D eigenvalue weighted by atomic mass is 10.2. The molecule has 2 aromatic carbocycles. The first kappa shape index (κ1) is 22.5.